The summed E-state index contributed by atoms with van der Waals surface area (Å²) < 4.78 is 0. The second-order valence-electron chi connectivity index (χ2n) is 5.00. The number of Topliss-reactive ketones (excluding diaryl/α,β-unsaturated/α-hetero) is 1. The number of carbonyl (C=O) groups is 1. The predicted molar refractivity (Wildman–Crippen MR) is 62.2 cm³/mol. The minimum Gasteiger partial charge on any atom is -0.294 e. The van der Waals surface area contributed by atoms with Crippen molar-refractivity contribution in [3.63, 3.8) is 0 Å². The molecule has 0 aliphatic heterocycles. The van der Waals surface area contributed by atoms with Gasteiger partial charge >= 0.3 is 0 Å². The van der Waals surface area contributed by atoms with E-state index in [2.05, 4.69) is 0 Å². The number of hydrogen-bond donors (Lipinski definition) is 0. The molecule has 4 rings (SSSR count). The van der Waals surface area contributed by atoms with Crippen molar-refractivity contribution in [2.24, 2.45) is 17.8 Å². The van der Waals surface area contributed by atoms with Crippen LogP contribution in [0.2, 0.25) is 0 Å². The molecule has 0 amide bonds. The molecule has 3 fully saturated rings. The Kier molecular flexibility index (Phi) is 2.39. The van der Waals surface area contributed by atoms with Gasteiger partial charge in [0.1, 0.15) is 0 Å². The van der Waals surface area contributed by atoms with E-state index >= 15 is 0 Å². The molecule has 0 N–H and O–H groups in total. The van der Waals surface area contributed by atoms with Crippen LogP contribution < -0.4 is 0 Å². The van der Waals surface area contributed by atoms with Gasteiger partial charge in [-0.15, -0.1) is 0 Å². The van der Waals surface area contributed by atoms with Crippen LogP contribution in [0.25, 0.3) is 0 Å². The largest absolute Gasteiger partial charge is 0.294 e. The molecule has 0 aromatic carbocycles. The van der Waals surface area contributed by atoms with E-state index in [0.29, 0.717) is 17.6 Å². The number of rotatable bonds is 2. The third kappa shape index (κ3) is 1.65. The Morgan fingerprint density at radius 1 is 1.27 bits per heavy atom. The Balaban J connectivity index is 1.80. The van der Waals surface area contributed by atoms with Gasteiger partial charge in [0.15, 0.2) is 5.78 Å². The molecule has 0 radical (unpaired) electrons. The summed E-state index contributed by atoms with van der Waals surface area (Å²) in [6.07, 6.45) is 6.51. The normalized spacial score (nSPS) is 34.3. The van der Waals surface area contributed by atoms with Gasteiger partial charge in [-0.1, -0.05) is 12.8 Å². The third-order valence-corrected chi connectivity index (χ3v) is 4.87. The van der Waals surface area contributed by atoms with E-state index in [1.54, 1.807) is 11.3 Å². The molecule has 0 spiro atoms. The predicted octanol–water partition coefficient (Wildman–Crippen LogP) is 3.76. The molecule has 15 heavy (non-hydrogen) atoms. The molecule has 1 heterocycles. The average Bonchev–Trinajstić information content (AvgIpc) is 2.83. The molecule has 3 saturated carbocycles. The lowest BCUT2D eigenvalue weighted by molar-refractivity contribution is 0.0622. The quantitative estimate of drug-likeness (QED) is 0.694. The Morgan fingerprint density at radius 3 is 2.60 bits per heavy atom. The maximum Gasteiger partial charge on any atom is 0.167 e. The number of carbonyl (C=O) groups excluding carboxylic acids is 1. The second kappa shape index (κ2) is 3.75. The van der Waals surface area contributed by atoms with Crippen molar-refractivity contribution >= 4 is 17.1 Å². The molecule has 2 bridgehead atoms. The number of ketones is 1. The minimum absolute atomic E-state index is 0.354. The molecule has 1 atom stereocenters. The minimum atomic E-state index is 0.354. The van der Waals surface area contributed by atoms with Gasteiger partial charge in [-0.05, 0) is 42.5 Å². The Labute approximate surface area is 94.5 Å². The van der Waals surface area contributed by atoms with Crippen LogP contribution in [0.4, 0.5) is 0 Å². The van der Waals surface area contributed by atoms with Crippen LogP contribution in [0.3, 0.4) is 0 Å². The maximum absolute atomic E-state index is 12.3. The van der Waals surface area contributed by atoms with Gasteiger partial charge in [-0.3, -0.25) is 4.79 Å². The van der Waals surface area contributed by atoms with E-state index < -0.39 is 0 Å². The highest BCUT2D eigenvalue weighted by molar-refractivity contribution is 7.08. The number of thiophene rings is 1. The lowest BCUT2D eigenvalue weighted by atomic mass is 9.63. The number of hydrogen-bond acceptors (Lipinski definition) is 2. The van der Waals surface area contributed by atoms with E-state index in [1.807, 2.05) is 16.8 Å². The zero-order valence-corrected chi connectivity index (χ0v) is 9.63. The molecular weight excluding hydrogens is 204 g/mol. The first-order chi connectivity index (χ1) is 7.34. The summed E-state index contributed by atoms with van der Waals surface area (Å²) in [6, 6.07) is 1.98. The monoisotopic (exact) mass is 220 g/mol. The van der Waals surface area contributed by atoms with Crippen molar-refractivity contribution in [3.05, 3.63) is 22.4 Å². The molecule has 3 aliphatic rings. The second-order valence-corrected chi connectivity index (χ2v) is 5.78. The fourth-order valence-electron chi connectivity index (χ4n) is 3.32. The molecule has 2 heteroatoms. The molecule has 1 aromatic rings. The molecule has 1 nitrogen and oxygen atoms in total. The van der Waals surface area contributed by atoms with Gasteiger partial charge < -0.3 is 0 Å². The van der Waals surface area contributed by atoms with Crippen molar-refractivity contribution in [2.75, 3.05) is 0 Å². The first kappa shape index (κ1) is 9.59. The van der Waals surface area contributed by atoms with Crippen LogP contribution in [0.5, 0.6) is 0 Å². The summed E-state index contributed by atoms with van der Waals surface area (Å²) in [5.74, 6) is 2.32. The van der Waals surface area contributed by atoms with Gasteiger partial charge in [-0.2, -0.15) is 11.3 Å². The summed E-state index contributed by atoms with van der Waals surface area (Å²) in [5, 5.41) is 4.01. The lowest BCUT2D eigenvalue weighted by Crippen LogP contribution is -2.35. The summed E-state index contributed by atoms with van der Waals surface area (Å²) in [6.45, 7) is 0. The maximum atomic E-state index is 12.3. The van der Waals surface area contributed by atoms with Crippen molar-refractivity contribution in [1.82, 2.24) is 0 Å². The van der Waals surface area contributed by atoms with Crippen LogP contribution in [-0.4, -0.2) is 5.78 Å². The molecule has 0 saturated heterocycles. The van der Waals surface area contributed by atoms with Crippen molar-refractivity contribution in [3.8, 4) is 0 Å². The van der Waals surface area contributed by atoms with Crippen molar-refractivity contribution in [2.45, 2.75) is 32.1 Å². The molecule has 1 unspecified atom stereocenters. The van der Waals surface area contributed by atoms with Crippen molar-refractivity contribution < 1.29 is 4.79 Å². The summed E-state index contributed by atoms with van der Waals surface area (Å²) in [5.41, 5.74) is 0.956. The Bertz CT molecular complexity index is 347. The fraction of sp³-hybridized carbons (Fsp3) is 0.615. The van der Waals surface area contributed by atoms with Crippen LogP contribution >= 0.6 is 11.3 Å². The van der Waals surface area contributed by atoms with E-state index in [4.69, 9.17) is 0 Å². The molecule has 3 aliphatic carbocycles. The fourth-order valence-corrected chi connectivity index (χ4v) is 3.96. The highest BCUT2D eigenvalue weighted by Crippen LogP contribution is 2.46. The van der Waals surface area contributed by atoms with Gasteiger partial charge in [0.2, 0.25) is 0 Å². The van der Waals surface area contributed by atoms with Crippen LogP contribution in [0, 0.1) is 17.8 Å². The smallest absolute Gasteiger partial charge is 0.167 e. The first-order valence-corrected chi connectivity index (χ1v) is 6.85. The summed E-state index contributed by atoms with van der Waals surface area (Å²) in [4.78, 5) is 12.3. The molecular formula is C13H16OS. The van der Waals surface area contributed by atoms with Crippen LogP contribution in [0.15, 0.2) is 16.8 Å². The SMILES string of the molecule is O=C(c1ccsc1)C1CC2CCC1CC2. The van der Waals surface area contributed by atoms with Gasteiger partial charge in [0.25, 0.3) is 0 Å². The highest BCUT2D eigenvalue weighted by Gasteiger charge is 2.39. The average molecular weight is 220 g/mol. The lowest BCUT2D eigenvalue weighted by Gasteiger charge is -2.41. The van der Waals surface area contributed by atoms with Gasteiger partial charge in [0.05, 0.1) is 0 Å². The standard InChI is InChI=1S/C13H16OS/c14-13(11-5-6-15-8-11)12-7-9-1-3-10(12)4-2-9/h5-6,8-10,12H,1-4,7H2. The zero-order valence-electron chi connectivity index (χ0n) is 8.82. The topological polar surface area (TPSA) is 17.1 Å². The van der Waals surface area contributed by atoms with E-state index in [9.17, 15) is 4.79 Å². The van der Waals surface area contributed by atoms with Crippen LogP contribution in [-0.2, 0) is 0 Å². The van der Waals surface area contributed by atoms with E-state index in [0.717, 1.165) is 11.5 Å². The first-order valence-electron chi connectivity index (χ1n) is 5.91. The Morgan fingerprint density at radius 2 is 2.07 bits per heavy atom. The third-order valence-electron chi connectivity index (χ3n) is 4.19. The summed E-state index contributed by atoms with van der Waals surface area (Å²) in [7, 11) is 0. The van der Waals surface area contributed by atoms with Gasteiger partial charge in [0, 0.05) is 16.9 Å². The molecule has 80 valence electrons. The van der Waals surface area contributed by atoms with E-state index in [1.165, 1.54) is 32.1 Å². The zero-order chi connectivity index (χ0) is 10.3. The van der Waals surface area contributed by atoms with E-state index in [-0.39, 0.29) is 0 Å². The number of fused-ring (bicyclic) bond motifs is 3. The Hall–Kier alpha value is -0.630. The summed E-state index contributed by atoms with van der Waals surface area (Å²) >= 11 is 1.63. The molecule has 1 aromatic heterocycles. The highest BCUT2D eigenvalue weighted by atomic mass is 32.1. The van der Waals surface area contributed by atoms with Gasteiger partial charge in [-0.25, -0.2) is 0 Å². The van der Waals surface area contributed by atoms with Crippen LogP contribution in [0.1, 0.15) is 42.5 Å². The van der Waals surface area contributed by atoms with Crippen molar-refractivity contribution in [1.29, 1.82) is 0 Å².